The molecule has 0 saturated carbocycles. The summed E-state index contributed by atoms with van der Waals surface area (Å²) in [6.45, 7) is 0. The van der Waals surface area contributed by atoms with Crippen molar-refractivity contribution in [3.8, 4) is 0 Å². The minimum atomic E-state index is -0.586. The van der Waals surface area contributed by atoms with Gasteiger partial charge in [-0.1, -0.05) is 71.7 Å². The fourth-order valence-corrected chi connectivity index (χ4v) is 5.41. The van der Waals surface area contributed by atoms with Crippen molar-refractivity contribution in [2.75, 3.05) is 16.1 Å². The second-order valence-corrected chi connectivity index (χ2v) is 11.5. The molecule has 1 aliphatic heterocycles. The van der Waals surface area contributed by atoms with E-state index in [9.17, 15) is 19.2 Å². The Balaban J connectivity index is 1.24. The van der Waals surface area contributed by atoms with Crippen LogP contribution in [0.5, 0.6) is 0 Å². The fourth-order valence-electron chi connectivity index (χ4n) is 4.19. The molecule has 0 radical (unpaired) electrons. The second kappa shape index (κ2) is 14.7. The van der Waals surface area contributed by atoms with Crippen LogP contribution in [0.15, 0.2) is 119 Å². The van der Waals surface area contributed by atoms with E-state index < -0.39 is 11.8 Å². The number of para-hydroxylation sites is 1. The molecule has 0 bridgehead atoms. The number of carbonyl (C=O) groups excluding carboxylic acids is 4. The van der Waals surface area contributed by atoms with Crippen molar-refractivity contribution < 1.29 is 19.2 Å². The van der Waals surface area contributed by atoms with Crippen LogP contribution in [0, 0.1) is 0 Å². The van der Waals surface area contributed by atoms with E-state index in [0.29, 0.717) is 37.4 Å². The molecule has 1 heterocycles. The molecule has 0 saturated heterocycles. The molecule has 1 aliphatic rings. The Hall–Kier alpha value is -4.90. The van der Waals surface area contributed by atoms with E-state index in [4.69, 9.17) is 23.2 Å². The SMILES string of the molecule is O=C(CSc1cccc(NC(=O)/C(=C\c2ccc(Cl)cc2Cl)NC(=O)c2ccccc2)c1)NC1=NN(c2ccccc2)C(=O)C1. The zero-order valence-electron chi connectivity index (χ0n) is 23.5. The highest BCUT2D eigenvalue weighted by Crippen LogP contribution is 2.25. The van der Waals surface area contributed by atoms with Crippen LogP contribution in [0.4, 0.5) is 11.4 Å². The third kappa shape index (κ3) is 8.60. The van der Waals surface area contributed by atoms with Gasteiger partial charge in [0.05, 0.1) is 17.9 Å². The summed E-state index contributed by atoms with van der Waals surface area (Å²) in [5.41, 5.74) is 1.87. The average Bonchev–Trinajstić information content (AvgIpc) is 3.41. The van der Waals surface area contributed by atoms with Crippen LogP contribution in [0.1, 0.15) is 22.3 Å². The maximum Gasteiger partial charge on any atom is 0.272 e. The van der Waals surface area contributed by atoms with Crippen molar-refractivity contribution in [1.29, 1.82) is 0 Å². The number of nitrogens with zero attached hydrogens (tertiary/aromatic N) is 2. The smallest absolute Gasteiger partial charge is 0.272 e. The Morgan fingerprint density at radius 2 is 1.60 bits per heavy atom. The van der Waals surface area contributed by atoms with Crippen LogP contribution in [-0.4, -0.2) is 35.2 Å². The van der Waals surface area contributed by atoms with Crippen LogP contribution in [-0.2, 0) is 14.4 Å². The van der Waals surface area contributed by atoms with Crippen molar-refractivity contribution in [3.63, 3.8) is 0 Å². The molecule has 0 spiro atoms. The van der Waals surface area contributed by atoms with Gasteiger partial charge in [0.15, 0.2) is 0 Å². The van der Waals surface area contributed by atoms with Gasteiger partial charge in [-0.25, -0.2) is 0 Å². The Bertz CT molecular complexity index is 1820. The van der Waals surface area contributed by atoms with Gasteiger partial charge >= 0.3 is 0 Å². The molecule has 0 atom stereocenters. The van der Waals surface area contributed by atoms with Crippen LogP contribution >= 0.6 is 35.0 Å². The lowest BCUT2D eigenvalue weighted by Gasteiger charge is -2.13. The van der Waals surface area contributed by atoms with Crippen molar-refractivity contribution in [1.82, 2.24) is 10.6 Å². The first-order chi connectivity index (χ1) is 21.7. The molecule has 0 fully saturated rings. The number of hydrazone groups is 1. The fraction of sp³-hybridized carbons (Fsp3) is 0.0606. The van der Waals surface area contributed by atoms with Gasteiger partial charge in [0, 0.05) is 26.2 Å². The van der Waals surface area contributed by atoms with Crippen molar-refractivity contribution >= 4 is 81.9 Å². The zero-order valence-corrected chi connectivity index (χ0v) is 25.8. The number of rotatable bonds is 9. The number of hydrogen-bond donors (Lipinski definition) is 3. The topological polar surface area (TPSA) is 120 Å². The van der Waals surface area contributed by atoms with Crippen LogP contribution in [0.25, 0.3) is 6.08 Å². The summed E-state index contributed by atoms with van der Waals surface area (Å²) >= 11 is 13.6. The molecule has 3 N–H and O–H groups in total. The number of carbonyl (C=O) groups is 4. The Morgan fingerprint density at radius 1 is 0.867 bits per heavy atom. The van der Waals surface area contributed by atoms with Gasteiger partial charge in [0.2, 0.25) is 5.91 Å². The molecule has 4 aromatic rings. The highest BCUT2D eigenvalue weighted by Gasteiger charge is 2.26. The molecule has 45 heavy (non-hydrogen) atoms. The average molecular weight is 659 g/mol. The maximum atomic E-state index is 13.4. The molecule has 9 nitrogen and oxygen atoms in total. The van der Waals surface area contributed by atoms with Gasteiger partial charge in [0.1, 0.15) is 11.5 Å². The molecule has 4 aromatic carbocycles. The third-order valence-electron chi connectivity index (χ3n) is 6.31. The molecule has 0 unspecified atom stereocenters. The van der Waals surface area contributed by atoms with Crippen LogP contribution < -0.4 is 21.0 Å². The highest BCUT2D eigenvalue weighted by molar-refractivity contribution is 8.00. The lowest BCUT2D eigenvalue weighted by Crippen LogP contribution is -2.31. The molecule has 0 aliphatic carbocycles. The molecule has 12 heteroatoms. The van der Waals surface area contributed by atoms with Gasteiger partial charge in [-0.15, -0.1) is 11.8 Å². The molecule has 0 aromatic heterocycles. The quantitative estimate of drug-likeness (QED) is 0.143. The van der Waals surface area contributed by atoms with E-state index in [1.54, 1.807) is 91.0 Å². The maximum absolute atomic E-state index is 13.4. The van der Waals surface area contributed by atoms with Crippen LogP contribution in [0.2, 0.25) is 10.0 Å². The first kappa shape index (κ1) is 31.5. The van der Waals surface area contributed by atoms with Gasteiger partial charge in [-0.2, -0.15) is 10.1 Å². The summed E-state index contributed by atoms with van der Waals surface area (Å²) in [5.74, 6) is -1.31. The van der Waals surface area contributed by atoms with Crippen molar-refractivity contribution in [2.24, 2.45) is 5.10 Å². The molecule has 5 rings (SSSR count). The first-order valence-electron chi connectivity index (χ1n) is 13.6. The highest BCUT2D eigenvalue weighted by atomic mass is 35.5. The third-order valence-corrected chi connectivity index (χ3v) is 7.87. The van der Waals surface area contributed by atoms with Crippen molar-refractivity contribution in [2.45, 2.75) is 11.3 Å². The minimum Gasteiger partial charge on any atom is -0.321 e. The van der Waals surface area contributed by atoms with Crippen molar-refractivity contribution in [3.05, 3.63) is 130 Å². The van der Waals surface area contributed by atoms with E-state index in [-0.39, 0.29) is 35.5 Å². The Labute approximate surface area is 273 Å². The molecule has 4 amide bonds. The van der Waals surface area contributed by atoms with E-state index in [1.807, 2.05) is 6.07 Å². The number of amides is 4. The number of nitrogens with one attached hydrogen (secondary N) is 3. The number of anilines is 2. The molecular formula is C33H25Cl2N5O4S. The zero-order chi connectivity index (χ0) is 31.8. The largest absolute Gasteiger partial charge is 0.321 e. The summed E-state index contributed by atoms with van der Waals surface area (Å²) in [4.78, 5) is 52.0. The first-order valence-corrected chi connectivity index (χ1v) is 15.3. The predicted octanol–water partition coefficient (Wildman–Crippen LogP) is 6.36. The van der Waals surface area contributed by atoms with E-state index in [0.717, 1.165) is 0 Å². The Morgan fingerprint density at radius 3 is 2.33 bits per heavy atom. The number of hydrogen-bond acceptors (Lipinski definition) is 6. The van der Waals surface area contributed by atoms with Crippen LogP contribution in [0.3, 0.4) is 0 Å². The predicted molar refractivity (Wildman–Crippen MR) is 178 cm³/mol. The molecule has 226 valence electrons. The summed E-state index contributed by atoms with van der Waals surface area (Å²) in [5, 5.41) is 14.4. The Kier molecular flexibility index (Phi) is 10.3. The minimum absolute atomic E-state index is 0.00921. The summed E-state index contributed by atoms with van der Waals surface area (Å²) < 4.78 is 0. The summed E-state index contributed by atoms with van der Waals surface area (Å²) in [7, 11) is 0. The number of amidine groups is 1. The number of thioether (sulfide) groups is 1. The van der Waals surface area contributed by atoms with E-state index >= 15 is 0 Å². The van der Waals surface area contributed by atoms with Gasteiger partial charge < -0.3 is 16.0 Å². The second-order valence-electron chi connectivity index (χ2n) is 9.63. The van der Waals surface area contributed by atoms with Gasteiger partial charge in [0.25, 0.3) is 17.7 Å². The van der Waals surface area contributed by atoms with Gasteiger partial charge in [-0.05, 0) is 66.2 Å². The molecular weight excluding hydrogens is 633 g/mol. The monoisotopic (exact) mass is 657 g/mol. The number of benzene rings is 4. The lowest BCUT2D eigenvalue weighted by atomic mass is 10.1. The lowest BCUT2D eigenvalue weighted by molar-refractivity contribution is -0.117. The summed E-state index contributed by atoms with van der Waals surface area (Å²) in [6, 6.07) is 29.2. The number of halogens is 2. The normalized spacial score (nSPS) is 12.8. The van der Waals surface area contributed by atoms with Gasteiger partial charge in [-0.3, -0.25) is 19.2 Å². The summed E-state index contributed by atoms with van der Waals surface area (Å²) in [6.07, 6.45) is 1.46. The standard InChI is InChI=1S/C33H25Cl2N5O4S/c34-23-15-14-22(27(35)17-23)16-28(37-32(43)21-8-3-1-4-9-21)33(44)36-24-10-7-13-26(18-24)45-20-30(41)38-29-19-31(42)40(39-29)25-11-5-2-6-12-25/h1-18H,19-20H2,(H,36,44)(H,37,43)(H,38,39,41)/b28-16+. The van der Waals surface area contributed by atoms with E-state index in [1.165, 1.54) is 28.9 Å². The van der Waals surface area contributed by atoms with E-state index in [2.05, 4.69) is 21.1 Å².